The van der Waals surface area contributed by atoms with Crippen molar-refractivity contribution in [1.82, 2.24) is 20.2 Å². The maximum absolute atomic E-state index is 12.4. The summed E-state index contributed by atoms with van der Waals surface area (Å²) < 4.78 is 30.8. The van der Waals surface area contributed by atoms with Gasteiger partial charge in [0.1, 0.15) is 12.3 Å². The van der Waals surface area contributed by atoms with Crippen molar-refractivity contribution >= 4 is 5.69 Å². The number of alkyl halides is 2. The van der Waals surface area contributed by atoms with Crippen LogP contribution in [0.15, 0.2) is 18.2 Å². The van der Waals surface area contributed by atoms with Crippen LogP contribution in [0.3, 0.4) is 0 Å². The summed E-state index contributed by atoms with van der Waals surface area (Å²) in [5.41, 5.74) is 6.65. The van der Waals surface area contributed by atoms with Crippen LogP contribution in [0.1, 0.15) is 0 Å². The molecule has 0 unspecified atom stereocenters. The highest BCUT2D eigenvalue weighted by atomic mass is 19.3. The third-order valence-corrected chi connectivity index (χ3v) is 2.27. The second-order valence-corrected chi connectivity index (χ2v) is 3.57. The Morgan fingerprint density at radius 3 is 2.83 bits per heavy atom. The molecule has 0 bridgehead atoms. The average molecular weight is 255 g/mol. The minimum absolute atomic E-state index is 0.223. The first-order valence-electron chi connectivity index (χ1n) is 5.09. The third kappa shape index (κ3) is 2.53. The molecular weight excluding hydrogens is 244 g/mol. The lowest BCUT2D eigenvalue weighted by molar-refractivity contribution is 0.121. The molecule has 1 aromatic carbocycles. The Hall–Kier alpha value is -2.25. The molecule has 1 aromatic heterocycles. The molecule has 0 saturated carbocycles. The van der Waals surface area contributed by atoms with Gasteiger partial charge < -0.3 is 10.5 Å². The van der Waals surface area contributed by atoms with E-state index in [0.29, 0.717) is 17.0 Å². The molecule has 0 radical (unpaired) electrons. The number of benzene rings is 1. The maximum Gasteiger partial charge on any atom is 0.258 e. The van der Waals surface area contributed by atoms with Gasteiger partial charge in [0.2, 0.25) is 0 Å². The van der Waals surface area contributed by atoms with Gasteiger partial charge in [-0.1, -0.05) is 0 Å². The fourth-order valence-corrected chi connectivity index (χ4v) is 1.53. The van der Waals surface area contributed by atoms with E-state index in [1.807, 2.05) is 0 Å². The van der Waals surface area contributed by atoms with Gasteiger partial charge in [-0.15, -0.1) is 5.10 Å². The number of nitrogen functional groups attached to an aromatic ring is 1. The van der Waals surface area contributed by atoms with Crippen molar-refractivity contribution in [2.24, 2.45) is 0 Å². The molecule has 96 valence electrons. The molecule has 8 heteroatoms. The van der Waals surface area contributed by atoms with Crippen molar-refractivity contribution in [3.8, 4) is 17.1 Å². The first kappa shape index (κ1) is 12.2. The highest BCUT2D eigenvalue weighted by Crippen LogP contribution is 2.25. The van der Waals surface area contributed by atoms with E-state index < -0.39 is 13.0 Å². The van der Waals surface area contributed by atoms with Gasteiger partial charge in [0.15, 0.2) is 5.82 Å². The summed E-state index contributed by atoms with van der Waals surface area (Å²) in [6.45, 7) is -0.570. The predicted molar refractivity (Wildman–Crippen MR) is 60.2 cm³/mol. The van der Waals surface area contributed by atoms with Gasteiger partial charge in [0.25, 0.3) is 6.43 Å². The lowest BCUT2D eigenvalue weighted by atomic mass is 10.2. The average Bonchev–Trinajstić information content (AvgIpc) is 2.75. The van der Waals surface area contributed by atoms with Crippen LogP contribution in [0.25, 0.3) is 11.4 Å². The summed E-state index contributed by atoms with van der Waals surface area (Å²) in [5, 5.41) is 10.6. The summed E-state index contributed by atoms with van der Waals surface area (Å²) in [7, 11) is 1.49. The lowest BCUT2D eigenvalue weighted by Crippen LogP contribution is -2.10. The SMILES string of the molecule is COc1cc(N)cc(-c2nnnn2CC(F)F)c1. The summed E-state index contributed by atoms with van der Waals surface area (Å²) in [4.78, 5) is 0. The van der Waals surface area contributed by atoms with Crippen LogP contribution >= 0.6 is 0 Å². The number of hydrogen-bond acceptors (Lipinski definition) is 5. The fourth-order valence-electron chi connectivity index (χ4n) is 1.53. The largest absolute Gasteiger partial charge is 0.497 e. The molecule has 0 aliphatic carbocycles. The number of halogens is 2. The van der Waals surface area contributed by atoms with Gasteiger partial charge in [-0.25, -0.2) is 13.5 Å². The minimum atomic E-state index is -2.53. The van der Waals surface area contributed by atoms with Crippen LogP contribution in [0.4, 0.5) is 14.5 Å². The van der Waals surface area contributed by atoms with Crippen molar-refractivity contribution in [2.75, 3.05) is 12.8 Å². The van der Waals surface area contributed by atoms with Gasteiger partial charge in [-0.05, 0) is 22.6 Å². The van der Waals surface area contributed by atoms with Gasteiger partial charge in [0.05, 0.1) is 7.11 Å². The molecule has 0 aliphatic rings. The van der Waals surface area contributed by atoms with Gasteiger partial charge in [-0.2, -0.15) is 0 Å². The Bertz CT molecular complexity index is 543. The van der Waals surface area contributed by atoms with E-state index in [1.165, 1.54) is 7.11 Å². The number of hydrogen-bond donors (Lipinski definition) is 1. The van der Waals surface area contributed by atoms with Crippen molar-refractivity contribution in [3.63, 3.8) is 0 Å². The molecule has 1 heterocycles. The standard InChI is InChI=1S/C10H11F2N5O/c1-18-8-3-6(2-7(13)4-8)10-14-15-16-17(10)5-9(11)12/h2-4,9H,5,13H2,1H3. The Kier molecular flexibility index (Phi) is 3.35. The number of rotatable bonds is 4. The third-order valence-electron chi connectivity index (χ3n) is 2.27. The topological polar surface area (TPSA) is 78.8 Å². The number of nitrogens with zero attached hydrogens (tertiary/aromatic N) is 4. The van der Waals surface area contributed by atoms with Crippen LogP contribution < -0.4 is 10.5 Å². The van der Waals surface area contributed by atoms with Gasteiger partial charge in [0, 0.05) is 17.3 Å². The Morgan fingerprint density at radius 1 is 1.39 bits per heavy atom. The van der Waals surface area contributed by atoms with E-state index in [0.717, 1.165) is 4.68 Å². The smallest absolute Gasteiger partial charge is 0.258 e. The van der Waals surface area contributed by atoms with Crippen molar-refractivity contribution < 1.29 is 13.5 Å². The molecule has 0 fully saturated rings. The van der Waals surface area contributed by atoms with Crippen LogP contribution in [-0.4, -0.2) is 33.7 Å². The molecule has 2 N–H and O–H groups in total. The number of methoxy groups -OCH3 is 1. The van der Waals surface area contributed by atoms with Gasteiger partial charge >= 0.3 is 0 Å². The molecule has 18 heavy (non-hydrogen) atoms. The number of ether oxygens (including phenoxy) is 1. The number of anilines is 1. The molecule has 0 amide bonds. The van der Waals surface area contributed by atoms with Crippen LogP contribution in [0.2, 0.25) is 0 Å². The zero-order chi connectivity index (χ0) is 13.1. The monoisotopic (exact) mass is 255 g/mol. The second-order valence-electron chi connectivity index (χ2n) is 3.57. The van der Waals surface area contributed by atoms with Crippen LogP contribution in [-0.2, 0) is 6.54 Å². The van der Waals surface area contributed by atoms with E-state index in [-0.39, 0.29) is 5.82 Å². The predicted octanol–water partition coefficient (Wildman–Crippen LogP) is 1.20. The number of nitrogens with two attached hydrogens (primary N) is 1. The Balaban J connectivity index is 2.42. The normalized spacial score (nSPS) is 10.9. The van der Waals surface area contributed by atoms with Crippen molar-refractivity contribution in [1.29, 1.82) is 0 Å². The van der Waals surface area contributed by atoms with Crippen molar-refractivity contribution in [3.05, 3.63) is 18.2 Å². The summed E-state index contributed by atoms with van der Waals surface area (Å²) in [6.07, 6.45) is -2.53. The molecular formula is C10H11F2N5O. The molecule has 2 rings (SSSR count). The number of tetrazole rings is 1. The highest BCUT2D eigenvalue weighted by molar-refractivity contribution is 5.64. The molecule has 0 atom stereocenters. The van der Waals surface area contributed by atoms with E-state index in [4.69, 9.17) is 10.5 Å². The number of aromatic nitrogens is 4. The zero-order valence-electron chi connectivity index (χ0n) is 9.55. The molecule has 6 nitrogen and oxygen atoms in total. The van der Waals surface area contributed by atoms with E-state index in [1.54, 1.807) is 18.2 Å². The summed E-state index contributed by atoms with van der Waals surface area (Å²) in [5.74, 6) is 0.734. The first-order valence-corrected chi connectivity index (χ1v) is 5.09. The lowest BCUT2D eigenvalue weighted by Gasteiger charge is -2.07. The van der Waals surface area contributed by atoms with E-state index in [9.17, 15) is 8.78 Å². The van der Waals surface area contributed by atoms with E-state index >= 15 is 0 Å². The first-order chi connectivity index (χ1) is 8.60. The maximum atomic E-state index is 12.4. The van der Waals surface area contributed by atoms with Gasteiger partial charge in [-0.3, -0.25) is 0 Å². The molecule has 2 aromatic rings. The zero-order valence-corrected chi connectivity index (χ0v) is 9.55. The Morgan fingerprint density at radius 2 is 2.17 bits per heavy atom. The van der Waals surface area contributed by atoms with Crippen LogP contribution in [0.5, 0.6) is 5.75 Å². The summed E-state index contributed by atoms with van der Waals surface area (Å²) in [6, 6.07) is 4.84. The summed E-state index contributed by atoms with van der Waals surface area (Å²) >= 11 is 0. The molecule has 0 aliphatic heterocycles. The highest BCUT2D eigenvalue weighted by Gasteiger charge is 2.14. The fraction of sp³-hybridized carbons (Fsp3) is 0.300. The minimum Gasteiger partial charge on any atom is -0.497 e. The van der Waals surface area contributed by atoms with Crippen LogP contribution in [0, 0.1) is 0 Å². The second kappa shape index (κ2) is 4.94. The molecule has 0 spiro atoms. The molecule has 0 saturated heterocycles. The Labute approximate surface area is 101 Å². The van der Waals surface area contributed by atoms with E-state index in [2.05, 4.69) is 15.5 Å². The quantitative estimate of drug-likeness (QED) is 0.830. The van der Waals surface area contributed by atoms with Crippen molar-refractivity contribution in [2.45, 2.75) is 13.0 Å².